The summed E-state index contributed by atoms with van der Waals surface area (Å²) < 4.78 is 6.83. The van der Waals surface area contributed by atoms with Gasteiger partial charge in [0.05, 0.1) is 25.4 Å². The highest BCUT2D eigenvalue weighted by molar-refractivity contribution is 7.98. The van der Waals surface area contributed by atoms with Crippen LogP contribution >= 0.6 is 11.8 Å². The summed E-state index contributed by atoms with van der Waals surface area (Å²) in [7, 11) is 1.55. The van der Waals surface area contributed by atoms with Crippen molar-refractivity contribution in [2.45, 2.75) is 11.4 Å². The van der Waals surface area contributed by atoms with Crippen LogP contribution in [0.4, 0.5) is 0 Å². The highest BCUT2D eigenvalue weighted by Crippen LogP contribution is 2.27. The van der Waals surface area contributed by atoms with Gasteiger partial charge in [-0.05, 0) is 29.5 Å². The maximum absolute atomic E-state index is 12.9. The molecule has 122 valence electrons. The Morgan fingerprint density at radius 2 is 1.79 bits per heavy atom. The summed E-state index contributed by atoms with van der Waals surface area (Å²) in [6.45, 7) is 0.430. The quantitative estimate of drug-likeness (QED) is 0.666. The van der Waals surface area contributed by atoms with Crippen molar-refractivity contribution in [1.29, 1.82) is 0 Å². The van der Waals surface area contributed by atoms with Gasteiger partial charge in [0.1, 0.15) is 0 Å². The smallest absolute Gasteiger partial charge is 0.278 e. The first-order valence-corrected chi connectivity index (χ1v) is 8.78. The SMILES string of the molecule is COc1cnn(Cc2ccccc2)c(=O)c1-c1ccc(SC)cc1. The first kappa shape index (κ1) is 16.3. The lowest BCUT2D eigenvalue weighted by atomic mass is 10.1. The number of hydrogen-bond acceptors (Lipinski definition) is 4. The van der Waals surface area contributed by atoms with Gasteiger partial charge in [-0.25, -0.2) is 4.68 Å². The fourth-order valence-corrected chi connectivity index (χ4v) is 2.93. The molecule has 1 heterocycles. The minimum absolute atomic E-state index is 0.157. The number of thioether (sulfide) groups is 1. The monoisotopic (exact) mass is 338 g/mol. The molecule has 4 nitrogen and oxygen atoms in total. The Morgan fingerprint density at radius 1 is 1.08 bits per heavy atom. The van der Waals surface area contributed by atoms with E-state index in [4.69, 9.17) is 4.74 Å². The predicted octanol–water partition coefficient (Wildman–Crippen LogP) is 3.69. The Bertz CT molecular complexity index is 874. The summed E-state index contributed by atoms with van der Waals surface area (Å²) in [5, 5.41) is 4.24. The van der Waals surface area contributed by atoms with E-state index in [0.717, 1.165) is 16.0 Å². The molecule has 5 heteroatoms. The summed E-state index contributed by atoms with van der Waals surface area (Å²) in [6, 6.07) is 17.7. The zero-order valence-corrected chi connectivity index (χ0v) is 14.4. The molecule has 0 radical (unpaired) electrons. The number of nitrogens with zero attached hydrogens (tertiary/aromatic N) is 2. The van der Waals surface area contributed by atoms with Crippen LogP contribution in [0.25, 0.3) is 11.1 Å². The van der Waals surface area contributed by atoms with Crippen molar-refractivity contribution in [1.82, 2.24) is 9.78 Å². The standard InChI is InChI=1S/C19H18N2O2S/c1-23-17-12-20-21(13-14-6-4-3-5-7-14)19(22)18(17)15-8-10-16(24-2)11-9-15/h3-12H,13H2,1-2H3. The lowest BCUT2D eigenvalue weighted by Crippen LogP contribution is -2.25. The molecule has 0 aliphatic rings. The maximum Gasteiger partial charge on any atom is 0.278 e. The fraction of sp³-hybridized carbons (Fsp3) is 0.158. The first-order valence-electron chi connectivity index (χ1n) is 7.55. The van der Waals surface area contributed by atoms with Crippen molar-refractivity contribution in [3.05, 3.63) is 76.7 Å². The highest BCUT2D eigenvalue weighted by atomic mass is 32.2. The van der Waals surface area contributed by atoms with Gasteiger partial charge in [0.15, 0.2) is 5.75 Å². The molecule has 0 saturated carbocycles. The van der Waals surface area contributed by atoms with Crippen LogP contribution in [0.5, 0.6) is 5.75 Å². The van der Waals surface area contributed by atoms with Crippen LogP contribution in [-0.4, -0.2) is 23.1 Å². The van der Waals surface area contributed by atoms with Crippen LogP contribution < -0.4 is 10.3 Å². The minimum atomic E-state index is -0.157. The Balaban J connectivity index is 2.06. The van der Waals surface area contributed by atoms with E-state index in [1.807, 2.05) is 60.9 Å². The second-order valence-corrected chi connectivity index (χ2v) is 6.14. The maximum atomic E-state index is 12.9. The summed E-state index contributed by atoms with van der Waals surface area (Å²) >= 11 is 1.66. The number of methoxy groups -OCH3 is 1. The molecule has 3 aromatic rings. The molecular formula is C19H18N2O2S. The second-order valence-electron chi connectivity index (χ2n) is 5.26. The zero-order valence-electron chi connectivity index (χ0n) is 13.6. The van der Waals surface area contributed by atoms with Gasteiger partial charge in [-0.15, -0.1) is 11.8 Å². The van der Waals surface area contributed by atoms with E-state index in [1.54, 1.807) is 25.1 Å². The molecule has 3 rings (SSSR count). The third-order valence-electron chi connectivity index (χ3n) is 3.78. The Labute approximate surface area is 145 Å². The molecule has 0 bridgehead atoms. The van der Waals surface area contributed by atoms with Crippen molar-refractivity contribution in [2.24, 2.45) is 0 Å². The number of ether oxygens (including phenoxy) is 1. The second kappa shape index (κ2) is 7.36. The van der Waals surface area contributed by atoms with Crippen molar-refractivity contribution in [3.63, 3.8) is 0 Å². The molecule has 0 atom stereocenters. The van der Waals surface area contributed by atoms with Gasteiger partial charge in [-0.2, -0.15) is 5.10 Å². The van der Waals surface area contributed by atoms with Crippen molar-refractivity contribution >= 4 is 11.8 Å². The highest BCUT2D eigenvalue weighted by Gasteiger charge is 2.14. The van der Waals surface area contributed by atoms with Gasteiger partial charge >= 0.3 is 0 Å². The van der Waals surface area contributed by atoms with E-state index in [0.29, 0.717) is 17.9 Å². The van der Waals surface area contributed by atoms with Crippen LogP contribution in [0.1, 0.15) is 5.56 Å². The lowest BCUT2D eigenvalue weighted by Gasteiger charge is -2.11. The molecule has 0 saturated heterocycles. The van der Waals surface area contributed by atoms with Gasteiger partial charge < -0.3 is 4.74 Å². The van der Waals surface area contributed by atoms with Gasteiger partial charge in [-0.1, -0.05) is 42.5 Å². The molecule has 24 heavy (non-hydrogen) atoms. The Hall–Kier alpha value is -2.53. The van der Waals surface area contributed by atoms with Crippen LogP contribution in [-0.2, 0) is 6.54 Å². The third-order valence-corrected chi connectivity index (χ3v) is 4.53. The number of aromatic nitrogens is 2. The first-order chi connectivity index (χ1) is 11.7. The van der Waals surface area contributed by atoms with Crippen LogP contribution in [0.2, 0.25) is 0 Å². The molecule has 0 N–H and O–H groups in total. The average molecular weight is 338 g/mol. The third kappa shape index (κ3) is 3.36. The normalized spacial score (nSPS) is 10.6. The zero-order chi connectivity index (χ0) is 16.9. The average Bonchev–Trinajstić information content (AvgIpc) is 2.64. The van der Waals surface area contributed by atoms with E-state index < -0.39 is 0 Å². The fourth-order valence-electron chi connectivity index (χ4n) is 2.52. The van der Waals surface area contributed by atoms with Gasteiger partial charge in [0, 0.05) is 4.90 Å². The molecule has 0 spiro atoms. The van der Waals surface area contributed by atoms with Crippen molar-refractivity contribution in [3.8, 4) is 16.9 Å². The molecular weight excluding hydrogens is 320 g/mol. The van der Waals surface area contributed by atoms with Crippen molar-refractivity contribution in [2.75, 3.05) is 13.4 Å². The van der Waals surface area contributed by atoms with E-state index in [2.05, 4.69) is 5.10 Å². The topological polar surface area (TPSA) is 44.1 Å². The Kier molecular flexibility index (Phi) is 5.01. The number of benzene rings is 2. The summed E-state index contributed by atoms with van der Waals surface area (Å²) in [5.74, 6) is 0.487. The summed E-state index contributed by atoms with van der Waals surface area (Å²) in [6.07, 6.45) is 3.62. The van der Waals surface area contributed by atoms with E-state index >= 15 is 0 Å². The van der Waals surface area contributed by atoms with Gasteiger partial charge in [0.2, 0.25) is 0 Å². The molecule has 0 amide bonds. The molecule has 0 fully saturated rings. The predicted molar refractivity (Wildman–Crippen MR) is 97.8 cm³/mol. The molecule has 0 aliphatic carbocycles. The van der Waals surface area contributed by atoms with Crippen molar-refractivity contribution < 1.29 is 4.74 Å². The van der Waals surface area contributed by atoms with Gasteiger partial charge in [0.25, 0.3) is 5.56 Å². The Morgan fingerprint density at radius 3 is 2.42 bits per heavy atom. The van der Waals surface area contributed by atoms with Crippen LogP contribution in [0.15, 0.2) is 70.5 Å². The number of rotatable bonds is 5. The summed E-state index contributed by atoms with van der Waals surface area (Å²) in [5.41, 5.74) is 2.24. The molecule has 1 aromatic heterocycles. The van der Waals surface area contributed by atoms with Gasteiger partial charge in [-0.3, -0.25) is 4.79 Å². The van der Waals surface area contributed by atoms with Crippen LogP contribution in [0.3, 0.4) is 0 Å². The largest absolute Gasteiger partial charge is 0.494 e. The van der Waals surface area contributed by atoms with E-state index in [-0.39, 0.29) is 5.56 Å². The van der Waals surface area contributed by atoms with E-state index in [1.165, 1.54) is 4.68 Å². The minimum Gasteiger partial charge on any atom is -0.494 e. The van der Waals surface area contributed by atoms with Crippen LogP contribution in [0, 0.1) is 0 Å². The van der Waals surface area contributed by atoms with E-state index in [9.17, 15) is 4.79 Å². The number of hydrogen-bond donors (Lipinski definition) is 0. The molecule has 2 aromatic carbocycles. The molecule has 0 unspecified atom stereocenters. The summed E-state index contributed by atoms with van der Waals surface area (Å²) in [4.78, 5) is 14.1. The molecule has 0 aliphatic heterocycles. The lowest BCUT2D eigenvalue weighted by molar-refractivity contribution is 0.409.